The molecule has 0 atom stereocenters. The summed E-state index contributed by atoms with van der Waals surface area (Å²) >= 11 is 12.2. The molecular formula is C21H20Cl2N4O. The maximum atomic E-state index is 13.1. The number of aromatic nitrogens is 2. The Morgan fingerprint density at radius 1 is 1.07 bits per heavy atom. The standard InChI is InChI=1S/C21H20Cl2N4O/c22-15-5-7-16(8-6-15)27-20(14-9-11-24-12-10-14)17(13-25-27)21(28)26-19-4-2-1-3-18(19)23/h1-8,13-14,24H,9-12H2,(H,26,28). The van der Waals surface area contributed by atoms with Gasteiger partial charge in [0.05, 0.1) is 33.9 Å². The second-order valence-electron chi connectivity index (χ2n) is 6.79. The molecular weight excluding hydrogens is 395 g/mol. The normalized spacial score (nSPS) is 14.8. The molecule has 2 N–H and O–H groups in total. The van der Waals surface area contributed by atoms with Crippen LogP contribution in [0.15, 0.2) is 54.7 Å². The summed E-state index contributed by atoms with van der Waals surface area (Å²) < 4.78 is 1.85. The number of piperidine rings is 1. The summed E-state index contributed by atoms with van der Waals surface area (Å²) in [5.41, 5.74) is 2.97. The predicted octanol–water partition coefficient (Wildman–Crippen LogP) is 4.90. The van der Waals surface area contributed by atoms with E-state index in [1.807, 2.05) is 41.1 Å². The molecule has 1 saturated heterocycles. The summed E-state index contributed by atoms with van der Waals surface area (Å²) in [5, 5.41) is 12.0. The highest BCUT2D eigenvalue weighted by Crippen LogP contribution is 2.31. The van der Waals surface area contributed by atoms with Crippen LogP contribution in [0.2, 0.25) is 10.0 Å². The second-order valence-corrected chi connectivity index (χ2v) is 7.63. The Kier molecular flexibility index (Phi) is 5.67. The zero-order chi connectivity index (χ0) is 19.5. The average molecular weight is 415 g/mol. The lowest BCUT2D eigenvalue weighted by Gasteiger charge is -2.24. The van der Waals surface area contributed by atoms with E-state index >= 15 is 0 Å². The molecule has 1 fully saturated rings. The van der Waals surface area contributed by atoms with Crippen LogP contribution >= 0.6 is 23.2 Å². The number of rotatable bonds is 4. The average Bonchev–Trinajstić information content (AvgIpc) is 3.16. The van der Waals surface area contributed by atoms with Crippen molar-refractivity contribution in [3.8, 4) is 5.69 Å². The summed E-state index contributed by atoms with van der Waals surface area (Å²) in [6, 6.07) is 14.7. The van der Waals surface area contributed by atoms with Gasteiger partial charge in [-0.15, -0.1) is 0 Å². The van der Waals surface area contributed by atoms with Crippen LogP contribution in [-0.2, 0) is 0 Å². The molecule has 144 valence electrons. The topological polar surface area (TPSA) is 59.0 Å². The van der Waals surface area contributed by atoms with E-state index in [0.717, 1.165) is 37.3 Å². The van der Waals surface area contributed by atoms with Gasteiger partial charge in [0.25, 0.3) is 5.91 Å². The molecule has 28 heavy (non-hydrogen) atoms. The fourth-order valence-corrected chi connectivity index (χ4v) is 3.87. The molecule has 0 spiro atoms. The number of para-hydroxylation sites is 1. The molecule has 0 unspecified atom stereocenters. The molecule has 0 saturated carbocycles. The van der Waals surface area contributed by atoms with Crippen LogP contribution in [0, 0.1) is 0 Å². The monoisotopic (exact) mass is 414 g/mol. The van der Waals surface area contributed by atoms with E-state index in [1.54, 1.807) is 18.3 Å². The minimum atomic E-state index is -0.207. The maximum absolute atomic E-state index is 13.1. The van der Waals surface area contributed by atoms with Gasteiger partial charge in [0.1, 0.15) is 0 Å². The zero-order valence-corrected chi connectivity index (χ0v) is 16.7. The number of benzene rings is 2. The molecule has 3 aromatic rings. The molecule has 1 aliphatic rings. The van der Waals surface area contributed by atoms with Crippen molar-refractivity contribution in [3.05, 3.63) is 76.0 Å². The van der Waals surface area contributed by atoms with Gasteiger partial charge < -0.3 is 10.6 Å². The molecule has 7 heteroatoms. The van der Waals surface area contributed by atoms with Gasteiger partial charge in [-0.25, -0.2) is 4.68 Å². The third-order valence-corrected chi connectivity index (χ3v) is 5.55. The number of anilines is 1. The van der Waals surface area contributed by atoms with Gasteiger partial charge in [0.2, 0.25) is 0 Å². The van der Waals surface area contributed by atoms with Crippen molar-refractivity contribution in [1.82, 2.24) is 15.1 Å². The van der Waals surface area contributed by atoms with Gasteiger partial charge in [-0.05, 0) is 62.3 Å². The Hall–Kier alpha value is -2.34. The minimum absolute atomic E-state index is 0.207. The molecule has 0 bridgehead atoms. The highest BCUT2D eigenvalue weighted by atomic mass is 35.5. The van der Waals surface area contributed by atoms with Crippen molar-refractivity contribution in [2.75, 3.05) is 18.4 Å². The van der Waals surface area contributed by atoms with Gasteiger partial charge in [0, 0.05) is 10.9 Å². The number of hydrogen-bond acceptors (Lipinski definition) is 3. The first-order valence-corrected chi connectivity index (χ1v) is 9.99. The van der Waals surface area contributed by atoms with Gasteiger partial charge in [-0.1, -0.05) is 35.3 Å². The number of nitrogens with one attached hydrogen (secondary N) is 2. The molecule has 1 amide bonds. The Morgan fingerprint density at radius 2 is 1.79 bits per heavy atom. The Balaban J connectivity index is 1.73. The fraction of sp³-hybridized carbons (Fsp3) is 0.238. The van der Waals surface area contributed by atoms with Crippen molar-refractivity contribution in [1.29, 1.82) is 0 Å². The van der Waals surface area contributed by atoms with Crippen LogP contribution in [0.25, 0.3) is 5.69 Å². The van der Waals surface area contributed by atoms with E-state index in [2.05, 4.69) is 15.7 Å². The first kappa shape index (κ1) is 19.0. The molecule has 4 rings (SSSR count). The van der Waals surface area contributed by atoms with E-state index in [0.29, 0.717) is 21.3 Å². The number of carbonyl (C=O) groups is 1. The summed E-state index contributed by atoms with van der Waals surface area (Å²) in [4.78, 5) is 13.1. The lowest BCUT2D eigenvalue weighted by molar-refractivity contribution is 0.102. The highest BCUT2D eigenvalue weighted by Gasteiger charge is 2.27. The molecule has 1 aromatic heterocycles. The van der Waals surface area contributed by atoms with E-state index in [4.69, 9.17) is 23.2 Å². The zero-order valence-electron chi connectivity index (χ0n) is 15.2. The quantitative estimate of drug-likeness (QED) is 0.638. The SMILES string of the molecule is O=C(Nc1ccccc1Cl)c1cnn(-c2ccc(Cl)cc2)c1C1CCNCC1. The third kappa shape index (κ3) is 3.92. The maximum Gasteiger partial charge on any atom is 0.259 e. The first-order chi connectivity index (χ1) is 13.6. The number of hydrogen-bond donors (Lipinski definition) is 2. The largest absolute Gasteiger partial charge is 0.321 e. The molecule has 0 radical (unpaired) electrons. The molecule has 5 nitrogen and oxygen atoms in total. The van der Waals surface area contributed by atoms with Crippen molar-refractivity contribution in [2.24, 2.45) is 0 Å². The second kappa shape index (κ2) is 8.35. The van der Waals surface area contributed by atoms with Crippen molar-refractivity contribution in [2.45, 2.75) is 18.8 Å². The van der Waals surface area contributed by atoms with E-state index in [1.165, 1.54) is 0 Å². The van der Waals surface area contributed by atoms with Crippen LogP contribution < -0.4 is 10.6 Å². The summed E-state index contributed by atoms with van der Waals surface area (Å²) in [7, 11) is 0. The predicted molar refractivity (Wildman–Crippen MR) is 113 cm³/mol. The number of nitrogens with zero attached hydrogens (tertiary/aromatic N) is 2. The third-order valence-electron chi connectivity index (χ3n) is 4.97. The Morgan fingerprint density at radius 3 is 2.50 bits per heavy atom. The van der Waals surface area contributed by atoms with Crippen molar-refractivity contribution >= 4 is 34.8 Å². The summed E-state index contributed by atoms with van der Waals surface area (Å²) in [5.74, 6) is 0.0354. The number of amides is 1. The summed E-state index contributed by atoms with van der Waals surface area (Å²) in [6.45, 7) is 1.84. The van der Waals surface area contributed by atoms with E-state index < -0.39 is 0 Å². The number of halogens is 2. The lowest BCUT2D eigenvalue weighted by Crippen LogP contribution is -2.29. The van der Waals surface area contributed by atoms with Crippen molar-refractivity contribution in [3.63, 3.8) is 0 Å². The van der Waals surface area contributed by atoms with Gasteiger partial charge >= 0.3 is 0 Å². The van der Waals surface area contributed by atoms with Gasteiger partial charge in [-0.2, -0.15) is 5.10 Å². The Bertz CT molecular complexity index is 978. The molecule has 1 aliphatic heterocycles. The minimum Gasteiger partial charge on any atom is -0.321 e. The van der Waals surface area contributed by atoms with Crippen LogP contribution in [-0.4, -0.2) is 28.8 Å². The highest BCUT2D eigenvalue weighted by molar-refractivity contribution is 6.34. The number of carbonyl (C=O) groups excluding carboxylic acids is 1. The van der Waals surface area contributed by atoms with Crippen LogP contribution in [0.1, 0.15) is 34.8 Å². The fourth-order valence-electron chi connectivity index (χ4n) is 3.56. The smallest absolute Gasteiger partial charge is 0.259 e. The summed E-state index contributed by atoms with van der Waals surface area (Å²) in [6.07, 6.45) is 3.54. The van der Waals surface area contributed by atoms with Crippen LogP contribution in [0.5, 0.6) is 0 Å². The Labute approximate surface area is 173 Å². The molecule has 2 heterocycles. The van der Waals surface area contributed by atoms with Gasteiger partial charge in [0.15, 0.2) is 0 Å². The van der Waals surface area contributed by atoms with E-state index in [-0.39, 0.29) is 11.8 Å². The van der Waals surface area contributed by atoms with Gasteiger partial charge in [-0.3, -0.25) is 4.79 Å². The van der Waals surface area contributed by atoms with Crippen molar-refractivity contribution < 1.29 is 4.79 Å². The van der Waals surface area contributed by atoms with Crippen LogP contribution in [0.3, 0.4) is 0 Å². The molecule has 0 aliphatic carbocycles. The lowest BCUT2D eigenvalue weighted by atomic mass is 9.91. The van der Waals surface area contributed by atoms with E-state index in [9.17, 15) is 4.79 Å². The first-order valence-electron chi connectivity index (χ1n) is 9.24. The van der Waals surface area contributed by atoms with Crippen LogP contribution in [0.4, 0.5) is 5.69 Å². The molecule has 2 aromatic carbocycles.